The summed E-state index contributed by atoms with van der Waals surface area (Å²) in [5.74, 6) is 3.83. The Labute approximate surface area is 179 Å². The Morgan fingerprint density at radius 1 is 1.13 bits per heavy atom. The van der Waals surface area contributed by atoms with Crippen LogP contribution in [-0.2, 0) is 9.53 Å². The molecule has 4 rings (SSSR count). The molecular weight excluding hydrogens is 380 g/mol. The minimum absolute atomic E-state index is 0.0973. The lowest BCUT2D eigenvalue weighted by atomic mass is 9.49. The molecule has 8 unspecified atom stereocenters. The summed E-state index contributed by atoms with van der Waals surface area (Å²) in [4.78, 5) is 12.9. The summed E-state index contributed by atoms with van der Waals surface area (Å²) in [7, 11) is 1.69. The zero-order valence-corrected chi connectivity index (χ0v) is 18.5. The van der Waals surface area contributed by atoms with Gasteiger partial charge in [-0.3, -0.25) is 4.79 Å². The molecule has 7 nitrogen and oxygen atoms in total. The van der Waals surface area contributed by atoms with Gasteiger partial charge in [-0.2, -0.15) is 5.11 Å². The summed E-state index contributed by atoms with van der Waals surface area (Å²) in [5, 5.41) is 21.9. The highest BCUT2D eigenvalue weighted by Gasteiger charge is 2.58. The molecule has 0 heterocycles. The average molecular weight is 419 g/mol. The van der Waals surface area contributed by atoms with Crippen molar-refractivity contribution in [2.24, 2.45) is 62.1 Å². The van der Waals surface area contributed by atoms with Gasteiger partial charge in [0, 0.05) is 13.0 Å². The van der Waals surface area contributed by atoms with Crippen LogP contribution < -0.4 is 5.73 Å². The maximum absolute atomic E-state index is 12.9. The predicted molar refractivity (Wildman–Crippen MR) is 115 cm³/mol. The van der Waals surface area contributed by atoms with Crippen LogP contribution in [0.2, 0.25) is 0 Å². The quantitative estimate of drug-likeness (QED) is 0.297. The number of ether oxygens (including phenoxy) is 1. The molecule has 4 saturated carbocycles. The number of fused-ring (bicyclic) bond motifs is 5. The van der Waals surface area contributed by atoms with E-state index in [4.69, 9.17) is 10.5 Å². The fraction of sp³-hybridized carbons (Fsp3) is 0.913. The van der Waals surface area contributed by atoms with Gasteiger partial charge in [0.15, 0.2) is 5.78 Å². The Morgan fingerprint density at radius 3 is 2.70 bits per heavy atom. The summed E-state index contributed by atoms with van der Waals surface area (Å²) in [5.41, 5.74) is 4.64. The van der Waals surface area contributed by atoms with Crippen LogP contribution in [0.5, 0.6) is 0 Å². The number of nitrogens with two attached hydrogens (primary N) is 1. The van der Waals surface area contributed by atoms with Crippen molar-refractivity contribution in [1.29, 1.82) is 0 Å². The number of aliphatic hydroxyl groups is 1. The Bertz CT molecular complexity index is 698. The average Bonchev–Trinajstić information content (AvgIpc) is 3.08. The zero-order chi connectivity index (χ0) is 21.4. The zero-order valence-electron chi connectivity index (χ0n) is 18.5. The van der Waals surface area contributed by atoms with E-state index in [1.54, 1.807) is 7.11 Å². The number of ketones is 1. The van der Waals surface area contributed by atoms with Gasteiger partial charge in [0.25, 0.3) is 0 Å². The van der Waals surface area contributed by atoms with Crippen LogP contribution in [0.3, 0.4) is 0 Å². The van der Waals surface area contributed by atoms with E-state index in [0.717, 1.165) is 62.6 Å². The highest BCUT2D eigenvalue weighted by atomic mass is 16.5. The molecule has 8 atom stereocenters. The molecule has 0 aromatic heterocycles. The number of methoxy groups -OCH3 is 1. The predicted octanol–water partition coefficient (Wildman–Crippen LogP) is 3.56. The van der Waals surface area contributed by atoms with Gasteiger partial charge in [0.1, 0.15) is 12.9 Å². The lowest BCUT2D eigenvalue weighted by Crippen LogP contribution is -2.52. The second kappa shape index (κ2) is 8.65. The fourth-order valence-electron chi connectivity index (χ4n) is 8.17. The molecule has 0 spiro atoms. The first kappa shape index (κ1) is 21.9. The van der Waals surface area contributed by atoms with E-state index in [1.807, 2.05) is 0 Å². The summed E-state index contributed by atoms with van der Waals surface area (Å²) in [6.45, 7) is 2.94. The molecule has 4 aliphatic carbocycles. The first-order valence-corrected chi connectivity index (χ1v) is 11.8. The van der Waals surface area contributed by atoms with Crippen LogP contribution in [0.15, 0.2) is 15.4 Å². The molecule has 0 aromatic carbocycles. The lowest BCUT2D eigenvalue weighted by Gasteiger charge is -2.57. The van der Waals surface area contributed by atoms with Gasteiger partial charge in [0.2, 0.25) is 0 Å². The summed E-state index contributed by atoms with van der Waals surface area (Å²) in [6.07, 6.45) is 11.0. The van der Waals surface area contributed by atoms with Crippen LogP contribution in [0.4, 0.5) is 0 Å². The van der Waals surface area contributed by atoms with Gasteiger partial charge in [-0.15, -0.1) is 5.10 Å². The van der Waals surface area contributed by atoms with E-state index in [-0.39, 0.29) is 23.7 Å². The van der Waals surface area contributed by atoms with Gasteiger partial charge in [-0.05, 0) is 98.0 Å². The topological polar surface area (TPSA) is 110 Å². The van der Waals surface area contributed by atoms with Gasteiger partial charge in [-0.1, -0.05) is 6.92 Å². The fourth-order valence-corrected chi connectivity index (χ4v) is 8.17. The molecule has 0 amide bonds. The van der Waals surface area contributed by atoms with Crippen molar-refractivity contribution in [3.8, 4) is 0 Å². The van der Waals surface area contributed by atoms with E-state index in [1.165, 1.54) is 19.3 Å². The molecule has 0 radical (unpaired) electrons. The number of nitrogens with zero attached hydrogens (tertiary/aromatic N) is 3. The Kier molecular flexibility index (Phi) is 6.31. The molecule has 0 saturated heterocycles. The van der Waals surface area contributed by atoms with Crippen LogP contribution in [0.1, 0.15) is 64.7 Å². The van der Waals surface area contributed by atoms with Crippen molar-refractivity contribution in [3.05, 3.63) is 0 Å². The molecule has 4 fully saturated rings. The molecule has 7 heteroatoms. The highest BCUT2D eigenvalue weighted by Crippen LogP contribution is 2.64. The van der Waals surface area contributed by atoms with E-state index < -0.39 is 5.60 Å². The van der Waals surface area contributed by atoms with Crippen molar-refractivity contribution in [3.63, 3.8) is 0 Å². The standard InChI is InChI=1S/C23H38N4O3/c1-22-9-7-17-16-8-10-23(29,13-30-2)11-15(16)3-4-18(17)19(22)5-6-20(22)21(28)12-25-27-26-14-24/h14-20,29H,3-13H2,1-2H3,(H2,24,25,26). The van der Waals surface area contributed by atoms with Crippen molar-refractivity contribution < 1.29 is 14.6 Å². The van der Waals surface area contributed by atoms with E-state index >= 15 is 0 Å². The normalized spacial score (nSPS) is 46.0. The maximum Gasteiger partial charge on any atom is 0.159 e. The smallest absolute Gasteiger partial charge is 0.159 e. The molecular formula is C23H38N4O3. The third-order valence-electron chi connectivity index (χ3n) is 9.31. The van der Waals surface area contributed by atoms with E-state index in [9.17, 15) is 9.90 Å². The SMILES string of the molecule is COCC1(O)CCC2C(CCC3C2CCC2(C)C(C(=O)CN=NN=CN)CCC32)C1. The third kappa shape index (κ3) is 3.83. The van der Waals surface area contributed by atoms with Gasteiger partial charge in [-0.25, -0.2) is 0 Å². The second-order valence-electron chi connectivity index (χ2n) is 10.6. The number of hydrogen-bond donors (Lipinski definition) is 2. The summed E-state index contributed by atoms with van der Waals surface area (Å²) < 4.78 is 5.31. The number of rotatable bonds is 6. The monoisotopic (exact) mass is 418 g/mol. The Hall–Kier alpha value is -1.34. The second-order valence-corrected chi connectivity index (χ2v) is 10.6. The van der Waals surface area contributed by atoms with Crippen molar-refractivity contribution in [2.45, 2.75) is 70.3 Å². The van der Waals surface area contributed by atoms with Gasteiger partial charge < -0.3 is 15.6 Å². The van der Waals surface area contributed by atoms with Crippen LogP contribution in [-0.4, -0.2) is 43.1 Å². The van der Waals surface area contributed by atoms with Crippen molar-refractivity contribution in [1.82, 2.24) is 0 Å². The van der Waals surface area contributed by atoms with Crippen molar-refractivity contribution in [2.75, 3.05) is 20.3 Å². The molecule has 4 aliphatic rings. The molecule has 30 heavy (non-hydrogen) atoms. The lowest BCUT2D eigenvalue weighted by molar-refractivity contribution is -0.135. The largest absolute Gasteiger partial charge is 0.388 e. The van der Waals surface area contributed by atoms with Crippen LogP contribution in [0, 0.1) is 40.9 Å². The first-order chi connectivity index (χ1) is 14.4. The summed E-state index contributed by atoms with van der Waals surface area (Å²) in [6, 6.07) is 0. The molecule has 3 N–H and O–H groups in total. The van der Waals surface area contributed by atoms with Gasteiger partial charge in [0.05, 0.1) is 12.2 Å². The first-order valence-electron chi connectivity index (χ1n) is 11.8. The third-order valence-corrected chi connectivity index (χ3v) is 9.31. The molecule has 0 aromatic rings. The van der Waals surface area contributed by atoms with E-state index in [2.05, 4.69) is 22.4 Å². The molecule has 168 valence electrons. The number of carbonyl (C=O) groups excluding carboxylic acids is 1. The van der Waals surface area contributed by atoms with Gasteiger partial charge >= 0.3 is 0 Å². The molecule has 0 bridgehead atoms. The maximum atomic E-state index is 12.9. The van der Waals surface area contributed by atoms with E-state index in [0.29, 0.717) is 18.4 Å². The van der Waals surface area contributed by atoms with Crippen LogP contribution >= 0.6 is 0 Å². The minimum atomic E-state index is -0.626. The Morgan fingerprint density at radius 2 is 1.93 bits per heavy atom. The minimum Gasteiger partial charge on any atom is -0.388 e. The number of hydrogen-bond acceptors (Lipinski definition) is 5. The van der Waals surface area contributed by atoms with Crippen molar-refractivity contribution >= 4 is 12.1 Å². The van der Waals surface area contributed by atoms with Crippen LogP contribution in [0.25, 0.3) is 0 Å². The number of Topliss-reactive ketones (excluding diaryl/α,β-unsaturated/α-hetero) is 1. The molecule has 0 aliphatic heterocycles. The highest BCUT2D eigenvalue weighted by molar-refractivity contribution is 5.84. The Balaban J connectivity index is 1.43. The summed E-state index contributed by atoms with van der Waals surface area (Å²) >= 11 is 0. The number of carbonyl (C=O) groups is 1.